The van der Waals surface area contributed by atoms with Gasteiger partial charge in [-0.2, -0.15) is 0 Å². The highest BCUT2D eigenvalue weighted by molar-refractivity contribution is 5.49. The second kappa shape index (κ2) is 16.5. The van der Waals surface area contributed by atoms with Gasteiger partial charge < -0.3 is 33.9 Å². The van der Waals surface area contributed by atoms with Gasteiger partial charge >= 0.3 is 0 Å². The molecule has 3 aromatic carbocycles. The number of nitrogens with one attached hydrogen (secondary N) is 1. The van der Waals surface area contributed by atoms with Crippen molar-refractivity contribution in [3.8, 4) is 17.2 Å². The molecule has 1 fully saturated rings. The molecule has 0 aromatic heterocycles. The minimum atomic E-state index is 0.559. The first-order valence-corrected chi connectivity index (χ1v) is 12.7. The largest absolute Gasteiger partial charge is 0.497 e. The van der Waals surface area contributed by atoms with Crippen molar-refractivity contribution in [3.05, 3.63) is 83.9 Å². The maximum Gasteiger partial charge on any atom is 0.124 e. The number of hydrogen-bond donors (Lipinski definition) is 1. The van der Waals surface area contributed by atoms with Crippen molar-refractivity contribution in [2.75, 3.05) is 65.6 Å². The first-order valence-electron chi connectivity index (χ1n) is 12.7. The van der Waals surface area contributed by atoms with E-state index in [0.29, 0.717) is 26.4 Å². The van der Waals surface area contributed by atoms with Crippen LogP contribution in [-0.2, 0) is 22.7 Å². The lowest BCUT2D eigenvalue weighted by Crippen LogP contribution is -2.43. The molecule has 4 rings (SSSR count). The lowest BCUT2D eigenvalue weighted by atomic mass is 10.2. The van der Waals surface area contributed by atoms with E-state index in [1.165, 1.54) is 5.69 Å². The van der Waals surface area contributed by atoms with Crippen LogP contribution in [0, 0.1) is 0 Å². The molecule has 1 saturated heterocycles. The third-order valence-corrected chi connectivity index (χ3v) is 5.94. The van der Waals surface area contributed by atoms with Gasteiger partial charge in [-0.15, -0.1) is 0 Å². The van der Waals surface area contributed by atoms with Crippen molar-refractivity contribution in [1.29, 1.82) is 0 Å². The predicted octanol–water partition coefficient (Wildman–Crippen LogP) is 4.93. The quantitative estimate of drug-likeness (QED) is 0.348. The fourth-order valence-corrected chi connectivity index (χ4v) is 3.92. The van der Waals surface area contributed by atoms with Crippen molar-refractivity contribution >= 4 is 5.69 Å². The zero-order chi connectivity index (χ0) is 26.1. The Kier molecular flexibility index (Phi) is 12.6. The summed E-state index contributed by atoms with van der Waals surface area (Å²) in [6.45, 7) is 6.75. The molecule has 0 saturated carbocycles. The summed E-state index contributed by atoms with van der Waals surface area (Å²) in [6.07, 6.45) is 0.856. The molecule has 3 aromatic rings. The molecule has 0 radical (unpaired) electrons. The molecule has 37 heavy (non-hydrogen) atoms. The molecule has 0 atom stereocenters. The van der Waals surface area contributed by atoms with Crippen molar-refractivity contribution in [2.24, 2.45) is 0 Å². The first-order chi connectivity index (χ1) is 18.2. The van der Waals surface area contributed by atoms with Crippen LogP contribution >= 0.6 is 0 Å². The molecular formula is C30H40N2O5. The highest BCUT2D eigenvalue weighted by atomic mass is 16.5. The fourth-order valence-electron chi connectivity index (χ4n) is 3.92. The molecule has 1 aliphatic rings. The van der Waals surface area contributed by atoms with Gasteiger partial charge in [0.25, 0.3) is 0 Å². The van der Waals surface area contributed by atoms with Gasteiger partial charge in [-0.25, -0.2) is 0 Å². The van der Waals surface area contributed by atoms with E-state index in [1.54, 1.807) is 21.3 Å². The minimum Gasteiger partial charge on any atom is -0.497 e. The van der Waals surface area contributed by atoms with E-state index in [2.05, 4.69) is 22.3 Å². The average molecular weight is 509 g/mol. The third kappa shape index (κ3) is 9.96. The summed E-state index contributed by atoms with van der Waals surface area (Å²) < 4.78 is 26.8. The van der Waals surface area contributed by atoms with Gasteiger partial charge in [-0.05, 0) is 48.0 Å². The number of ether oxygens (including phenoxy) is 5. The van der Waals surface area contributed by atoms with Crippen LogP contribution in [0.1, 0.15) is 17.5 Å². The second-order valence-corrected chi connectivity index (χ2v) is 8.58. The Morgan fingerprint density at radius 1 is 0.730 bits per heavy atom. The zero-order valence-corrected chi connectivity index (χ0v) is 22.3. The molecule has 7 nitrogen and oxygen atoms in total. The predicted molar refractivity (Wildman–Crippen MR) is 148 cm³/mol. The van der Waals surface area contributed by atoms with Crippen LogP contribution in [0.15, 0.2) is 72.8 Å². The molecule has 0 bridgehead atoms. The highest BCUT2D eigenvalue weighted by Crippen LogP contribution is 2.20. The Hall–Kier alpha value is -3.26. The molecule has 200 valence electrons. The molecule has 0 spiro atoms. The maximum absolute atomic E-state index is 5.81. The Morgan fingerprint density at radius 3 is 2.11 bits per heavy atom. The van der Waals surface area contributed by atoms with E-state index in [1.807, 2.05) is 60.7 Å². The van der Waals surface area contributed by atoms with E-state index in [4.69, 9.17) is 23.7 Å². The van der Waals surface area contributed by atoms with Gasteiger partial charge in [0.2, 0.25) is 0 Å². The van der Waals surface area contributed by atoms with Crippen molar-refractivity contribution in [1.82, 2.24) is 5.32 Å². The number of hydrogen-bond acceptors (Lipinski definition) is 7. The fraction of sp³-hybridized carbons (Fsp3) is 0.400. The molecular weight excluding hydrogens is 468 g/mol. The van der Waals surface area contributed by atoms with Crippen LogP contribution in [0.3, 0.4) is 0 Å². The topological polar surface area (TPSA) is 61.4 Å². The van der Waals surface area contributed by atoms with E-state index in [-0.39, 0.29) is 0 Å². The second-order valence-electron chi connectivity index (χ2n) is 8.58. The molecule has 1 aliphatic heterocycles. The van der Waals surface area contributed by atoms with Crippen LogP contribution in [0.5, 0.6) is 17.2 Å². The third-order valence-electron chi connectivity index (χ3n) is 5.94. The standard InChI is InChI=1S/C21H28N2O3.C9H12O2/c1-24-21-6-3-2-5-18(21)17-25-15-4-16-26-20-9-7-19(8-10-20)23-13-11-22-12-14-23;1-10-7-8-3-5-9(11-2)6-4-8/h2-3,5-10,22H,4,11-17H2,1H3;3-6H,7H2,1-2H3. The zero-order valence-electron chi connectivity index (χ0n) is 22.3. The first kappa shape index (κ1) is 28.3. The number of methoxy groups -OCH3 is 3. The maximum atomic E-state index is 5.81. The molecule has 7 heteroatoms. The van der Waals surface area contributed by atoms with Crippen LogP contribution in [0.4, 0.5) is 5.69 Å². The van der Waals surface area contributed by atoms with Crippen molar-refractivity contribution in [2.45, 2.75) is 19.6 Å². The number of rotatable bonds is 12. The Bertz CT molecular complexity index is 1010. The van der Waals surface area contributed by atoms with Crippen LogP contribution in [0.25, 0.3) is 0 Å². The number of nitrogens with zero attached hydrogens (tertiary/aromatic N) is 1. The van der Waals surface area contributed by atoms with E-state index in [0.717, 1.165) is 61.0 Å². The smallest absolute Gasteiger partial charge is 0.124 e. The van der Waals surface area contributed by atoms with Gasteiger partial charge in [0, 0.05) is 51.0 Å². The summed E-state index contributed by atoms with van der Waals surface area (Å²) in [7, 11) is 5.02. The monoisotopic (exact) mass is 508 g/mol. The Morgan fingerprint density at radius 2 is 1.43 bits per heavy atom. The minimum absolute atomic E-state index is 0.559. The van der Waals surface area contributed by atoms with Crippen LogP contribution in [0.2, 0.25) is 0 Å². The number of anilines is 1. The van der Waals surface area contributed by atoms with E-state index < -0.39 is 0 Å². The van der Waals surface area contributed by atoms with Crippen LogP contribution < -0.4 is 24.4 Å². The Labute approximate surface area is 221 Å². The van der Waals surface area contributed by atoms with Crippen molar-refractivity contribution in [3.63, 3.8) is 0 Å². The van der Waals surface area contributed by atoms with Crippen LogP contribution in [-0.4, -0.2) is 60.7 Å². The summed E-state index contributed by atoms with van der Waals surface area (Å²) in [5.41, 5.74) is 3.49. The summed E-state index contributed by atoms with van der Waals surface area (Å²) in [5.74, 6) is 2.66. The normalized spacial score (nSPS) is 12.9. The number of benzene rings is 3. The summed E-state index contributed by atoms with van der Waals surface area (Å²) in [6, 6.07) is 24.1. The molecule has 1 N–H and O–H groups in total. The summed E-state index contributed by atoms with van der Waals surface area (Å²) >= 11 is 0. The molecule has 1 heterocycles. The number of piperazine rings is 1. The Balaban J connectivity index is 0.000000289. The molecule has 0 aliphatic carbocycles. The lowest BCUT2D eigenvalue weighted by Gasteiger charge is -2.29. The number of para-hydroxylation sites is 1. The average Bonchev–Trinajstić information content (AvgIpc) is 2.97. The van der Waals surface area contributed by atoms with E-state index in [9.17, 15) is 0 Å². The van der Waals surface area contributed by atoms with Crippen molar-refractivity contribution < 1.29 is 23.7 Å². The van der Waals surface area contributed by atoms with Gasteiger partial charge in [0.1, 0.15) is 17.2 Å². The summed E-state index contributed by atoms with van der Waals surface area (Å²) in [4.78, 5) is 2.39. The lowest BCUT2D eigenvalue weighted by molar-refractivity contribution is 0.105. The van der Waals surface area contributed by atoms with E-state index >= 15 is 0 Å². The molecule has 0 unspecified atom stereocenters. The van der Waals surface area contributed by atoms with Gasteiger partial charge in [0.05, 0.1) is 40.6 Å². The van der Waals surface area contributed by atoms with Gasteiger partial charge in [0.15, 0.2) is 0 Å². The SMILES string of the molecule is COCc1ccc(OC)cc1.COc1ccccc1COCCCOc1ccc(N2CCNCC2)cc1. The highest BCUT2D eigenvalue weighted by Gasteiger charge is 2.10. The van der Waals surface area contributed by atoms with Gasteiger partial charge in [-0.3, -0.25) is 0 Å². The molecule has 0 amide bonds. The summed E-state index contributed by atoms with van der Waals surface area (Å²) in [5, 5.41) is 3.37. The van der Waals surface area contributed by atoms with Gasteiger partial charge in [-0.1, -0.05) is 30.3 Å².